The topological polar surface area (TPSA) is 20.3 Å². The van der Waals surface area contributed by atoms with Gasteiger partial charge >= 0.3 is 0 Å². The molecule has 1 heterocycles. The Morgan fingerprint density at radius 3 is 2.83 bits per heavy atom. The van der Waals surface area contributed by atoms with Crippen LogP contribution in [0.4, 0.5) is 4.39 Å². The zero-order valence-corrected chi connectivity index (χ0v) is 12.2. The summed E-state index contributed by atoms with van der Waals surface area (Å²) in [4.78, 5) is 14.3. The molecule has 1 fully saturated rings. The third kappa shape index (κ3) is 2.58. The molecule has 1 aromatic carbocycles. The van der Waals surface area contributed by atoms with Crippen LogP contribution in [0.2, 0.25) is 0 Å². The zero-order valence-electron chi connectivity index (χ0n) is 10.6. The summed E-state index contributed by atoms with van der Waals surface area (Å²) in [6.45, 7) is 5.02. The maximum Gasteiger partial charge on any atom is 0.255 e. The van der Waals surface area contributed by atoms with Crippen LogP contribution in [0.15, 0.2) is 22.7 Å². The van der Waals surface area contributed by atoms with Gasteiger partial charge in [0, 0.05) is 12.6 Å². The number of rotatable bonds is 1. The molecule has 0 N–H and O–H groups in total. The van der Waals surface area contributed by atoms with Crippen molar-refractivity contribution in [2.24, 2.45) is 5.92 Å². The summed E-state index contributed by atoms with van der Waals surface area (Å²) in [5.41, 5.74) is 0.413. The first-order valence-electron chi connectivity index (χ1n) is 6.25. The van der Waals surface area contributed by atoms with Crippen molar-refractivity contribution < 1.29 is 9.18 Å². The minimum atomic E-state index is -0.390. The molecule has 98 valence electrons. The van der Waals surface area contributed by atoms with E-state index >= 15 is 0 Å². The SMILES string of the molecule is CC1CCN(C(=O)c2cccc(F)c2Br)C(C)C1. The number of benzene rings is 1. The highest BCUT2D eigenvalue weighted by molar-refractivity contribution is 9.10. The number of amides is 1. The van der Waals surface area contributed by atoms with Gasteiger partial charge in [0.05, 0.1) is 10.0 Å². The molecule has 1 aromatic rings. The van der Waals surface area contributed by atoms with Crippen LogP contribution in [0.5, 0.6) is 0 Å². The molecule has 1 aliphatic heterocycles. The van der Waals surface area contributed by atoms with Gasteiger partial charge in [-0.1, -0.05) is 13.0 Å². The van der Waals surface area contributed by atoms with Crippen molar-refractivity contribution in [1.82, 2.24) is 4.90 Å². The maximum atomic E-state index is 13.4. The molecule has 1 aliphatic rings. The minimum absolute atomic E-state index is 0.0826. The summed E-state index contributed by atoms with van der Waals surface area (Å²) >= 11 is 3.16. The fourth-order valence-corrected chi connectivity index (χ4v) is 2.97. The smallest absolute Gasteiger partial charge is 0.255 e. The second-order valence-corrected chi connectivity index (χ2v) is 5.87. The number of hydrogen-bond donors (Lipinski definition) is 0. The van der Waals surface area contributed by atoms with Crippen molar-refractivity contribution in [3.63, 3.8) is 0 Å². The van der Waals surface area contributed by atoms with Crippen molar-refractivity contribution in [2.75, 3.05) is 6.54 Å². The van der Waals surface area contributed by atoms with E-state index in [1.807, 2.05) is 4.90 Å². The highest BCUT2D eigenvalue weighted by atomic mass is 79.9. The van der Waals surface area contributed by atoms with E-state index in [2.05, 4.69) is 29.8 Å². The lowest BCUT2D eigenvalue weighted by molar-refractivity contribution is 0.0587. The fraction of sp³-hybridized carbons (Fsp3) is 0.500. The molecule has 2 rings (SSSR count). The summed E-state index contributed by atoms with van der Waals surface area (Å²) in [6.07, 6.45) is 2.03. The lowest BCUT2D eigenvalue weighted by Gasteiger charge is -2.36. The summed E-state index contributed by atoms with van der Waals surface area (Å²) in [6, 6.07) is 4.81. The van der Waals surface area contributed by atoms with Gasteiger partial charge in [0.15, 0.2) is 0 Å². The second-order valence-electron chi connectivity index (χ2n) is 5.08. The number of carbonyl (C=O) groups excluding carboxylic acids is 1. The zero-order chi connectivity index (χ0) is 13.3. The second kappa shape index (κ2) is 5.39. The normalized spacial score (nSPS) is 24.1. The monoisotopic (exact) mass is 313 g/mol. The van der Waals surface area contributed by atoms with Crippen LogP contribution in [-0.4, -0.2) is 23.4 Å². The molecule has 0 radical (unpaired) electrons. The Morgan fingerprint density at radius 2 is 2.17 bits per heavy atom. The van der Waals surface area contributed by atoms with E-state index < -0.39 is 0 Å². The van der Waals surface area contributed by atoms with Gasteiger partial charge in [-0.15, -0.1) is 0 Å². The average Bonchev–Trinajstić information content (AvgIpc) is 2.32. The van der Waals surface area contributed by atoms with Crippen molar-refractivity contribution in [3.05, 3.63) is 34.1 Å². The predicted molar refractivity (Wildman–Crippen MR) is 73.0 cm³/mol. The molecule has 0 aliphatic carbocycles. The van der Waals surface area contributed by atoms with Crippen LogP contribution in [-0.2, 0) is 0 Å². The van der Waals surface area contributed by atoms with Gasteiger partial charge in [0.25, 0.3) is 5.91 Å². The van der Waals surface area contributed by atoms with E-state index in [9.17, 15) is 9.18 Å². The highest BCUT2D eigenvalue weighted by Crippen LogP contribution is 2.27. The van der Waals surface area contributed by atoms with Crippen molar-refractivity contribution >= 4 is 21.8 Å². The van der Waals surface area contributed by atoms with E-state index in [1.165, 1.54) is 6.07 Å². The van der Waals surface area contributed by atoms with E-state index in [0.717, 1.165) is 19.4 Å². The Labute approximate surface area is 115 Å². The molecule has 4 heteroatoms. The van der Waals surface area contributed by atoms with Gasteiger partial charge in [0.2, 0.25) is 0 Å². The molecule has 2 atom stereocenters. The molecule has 2 unspecified atom stereocenters. The number of likely N-dealkylation sites (tertiary alicyclic amines) is 1. The van der Waals surface area contributed by atoms with E-state index in [1.54, 1.807) is 12.1 Å². The Kier molecular flexibility index (Phi) is 4.05. The fourth-order valence-electron chi connectivity index (χ4n) is 2.53. The van der Waals surface area contributed by atoms with E-state index in [0.29, 0.717) is 11.5 Å². The highest BCUT2D eigenvalue weighted by Gasteiger charge is 2.28. The number of nitrogens with zero attached hydrogens (tertiary/aromatic N) is 1. The first-order valence-corrected chi connectivity index (χ1v) is 7.05. The summed E-state index contributed by atoms with van der Waals surface area (Å²) < 4.78 is 13.7. The largest absolute Gasteiger partial charge is 0.336 e. The summed E-state index contributed by atoms with van der Waals surface area (Å²) in [5, 5.41) is 0. The van der Waals surface area contributed by atoms with Crippen molar-refractivity contribution in [1.29, 1.82) is 0 Å². The number of halogens is 2. The van der Waals surface area contributed by atoms with Crippen LogP contribution in [0.25, 0.3) is 0 Å². The predicted octanol–water partition coefficient (Wildman–Crippen LogP) is 3.85. The summed E-state index contributed by atoms with van der Waals surface area (Å²) in [7, 11) is 0. The van der Waals surface area contributed by atoms with Gasteiger partial charge in [-0.05, 0) is 53.7 Å². The van der Waals surface area contributed by atoms with Crippen molar-refractivity contribution in [3.8, 4) is 0 Å². The molecule has 0 bridgehead atoms. The number of carbonyl (C=O) groups is 1. The molecule has 0 aromatic heterocycles. The lowest BCUT2D eigenvalue weighted by Crippen LogP contribution is -2.44. The average molecular weight is 314 g/mol. The van der Waals surface area contributed by atoms with Crippen LogP contribution >= 0.6 is 15.9 Å². The molecule has 0 saturated carbocycles. The molecular weight excluding hydrogens is 297 g/mol. The summed E-state index contributed by atoms with van der Waals surface area (Å²) in [5.74, 6) is 0.180. The standard InChI is InChI=1S/C14H17BrFNO/c1-9-6-7-17(10(2)8-9)14(18)11-4-3-5-12(16)13(11)15/h3-5,9-10H,6-8H2,1-2H3. The quantitative estimate of drug-likeness (QED) is 0.771. The van der Waals surface area contributed by atoms with Crippen LogP contribution < -0.4 is 0 Å². The van der Waals surface area contributed by atoms with Gasteiger partial charge in [-0.2, -0.15) is 0 Å². The van der Waals surface area contributed by atoms with Crippen LogP contribution in [0.3, 0.4) is 0 Å². The van der Waals surface area contributed by atoms with Crippen LogP contribution in [0, 0.1) is 11.7 Å². The first kappa shape index (κ1) is 13.5. The molecule has 1 saturated heterocycles. The third-order valence-electron chi connectivity index (χ3n) is 3.58. The third-order valence-corrected chi connectivity index (χ3v) is 4.39. The molecular formula is C14H17BrFNO. The minimum Gasteiger partial charge on any atom is -0.336 e. The van der Waals surface area contributed by atoms with Crippen molar-refractivity contribution in [2.45, 2.75) is 32.7 Å². The van der Waals surface area contributed by atoms with Gasteiger partial charge < -0.3 is 4.90 Å². The Hall–Kier alpha value is -0.900. The molecule has 2 nitrogen and oxygen atoms in total. The van der Waals surface area contributed by atoms with Crippen LogP contribution in [0.1, 0.15) is 37.0 Å². The Bertz CT molecular complexity index is 463. The Balaban J connectivity index is 2.23. The first-order chi connectivity index (χ1) is 8.50. The number of hydrogen-bond acceptors (Lipinski definition) is 1. The maximum absolute atomic E-state index is 13.4. The molecule has 18 heavy (non-hydrogen) atoms. The van der Waals surface area contributed by atoms with Gasteiger partial charge in [-0.3, -0.25) is 4.79 Å². The Morgan fingerprint density at radius 1 is 1.44 bits per heavy atom. The molecule has 1 amide bonds. The van der Waals surface area contributed by atoms with E-state index in [4.69, 9.17) is 0 Å². The van der Waals surface area contributed by atoms with Gasteiger partial charge in [0.1, 0.15) is 5.82 Å². The van der Waals surface area contributed by atoms with E-state index in [-0.39, 0.29) is 22.2 Å². The molecule has 0 spiro atoms. The number of piperidine rings is 1. The lowest BCUT2D eigenvalue weighted by atomic mass is 9.93. The van der Waals surface area contributed by atoms with Gasteiger partial charge in [-0.25, -0.2) is 4.39 Å².